The van der Waals surface area contributed by atoms with Gasteiger partial charge in [-0.3, -0.25) is 4.79 Å². The van der Waals surface area contributed by atoms with Crippen LogP contribution in [0.1, 0.15) is 23.8 Å². The van der Waals surface area contributed by atoms with E-state index in [4.69, 9.17) is 5.73 Å². The van der Waals surface area contributed by atoms with Crippen LogP contribution in [0, 0.1) is 0 Å². The molecule has 0 bridgehead atoms. The molecule has 1 aliphatic heterocycles. The summed E-state index contributed by atoms with van der Waals surface area (Å²) < 4.78 is 2.04. The molecule has 0 spiro atoms. The number of likely N-dealkylation sites (N-methyl/N-ethyl adjacent to an activating group) is 1. The summed E-state index contributed by atoms with van der Waals surface area (Å²) in [6.07, 6.45) is 3.00. The third kappa shape index (κ3) is 2.98. The first-order valence-electron chi connectivity index (χ1n) is 7.02. The molecule has 2 N–H and O–H groups in total. The molecule has 106 valence electrons. The fourth-order valence-corrected chi connectivity index (χ4v) is 2.67. The number of hydrogen-bond donors (Lipinski definition) is 1. The molecule has 0 saturated carbocycles. The molecule has 1 aromatic rings. The van der Waals surface area contributed by atoms with Crippen molar-refractivity contribution in [2.45, 2.75) is 25.9 Å². The Kier molecular flexibility index (Phi) is 4.61. The predicted octanol–water partition coefficient (Wildman–Crippen LogP) is 0.613. The first kappa shape index (κ1) is 14.1. The van der Waals surface area contributed by atoms with Gasteiger partial charge in [-0.05, 0) is 25.6 Å². The highest BCUT2D eigenvalue weighted by Gasteiger charge is 2.29. The van der Waals surface area contributed by atoms with Crippen LogP contribution in [0.15, 0.2) is 18.3 Å². The summed E-state index contributed by atoms with van der Waals surface area (Å²) in [5.41, 5.74) is 6.60. The summed E-state index contributed by atoms with van der Waals surface area (Å²) in [5.74, 6) is 0.113. The van der Waals surface area contributed by atoms with Gasteiger partial charge in [0, 0.05) is 38.9 Å². The first-order valence-corrected chi connectivity index (χ1v) is 7.02. The van der Waals surface area contributed by atoms with E-state index in [1.807, 2.05) is 27.8 Å². The maximum Gasteiger partial charge on any atom is 0.270 e. The molecule has 5 heteroatoms. The van der Waals surface area contributed by atoms with E-state index in [1.165, 1.54) is 0 Å². The van der Waals surface area contributed by atoms with Crippen molar-refractivity contribution in [3.8, 4) is 0 Å². The van der Waals surface area contributed by atoms with Crippen LogP contribution in [0.5, 0.6) is 0 Å². The van der Waals surface area contributed by atoms with Gasteiger partial charge in [-0.2, -0.15) is 0 Å². The average molecular weight is 264 g/mol. The van der Waals surface area contributed by atoms with Gasteiger partial charge in [-0.1, -0.05) is 6.92 Å². The Balaban J connectivity index is 2.15. The molecule has 2 rings (SSSR count). The number of nitrogens with zero attached hydrogens (tertiary/aromatic N) is 3. The fraction of sp³-hybridized carbons (Fsp3) is 0.643. The Hall–Kier alpha value is -1.33. The number of amides is 1. The van der Waals surface area contributed by atoms with Gasteiger partial charge in [-0.15, -0.1) is 0 Å². The van der Waals surface area contributed by atoms with Crippen molar-refractivity contribution >= 4 is 5.91 Å². The maximum atomic E-state index is 12.7. The zero-order valence-electron chi connectivity index (χ0n) is 11.9. The summed E-state index contributed by atoms with van der Waals surface area (Å²) in [4.78, 5) is 16.8. The second-order valence-corrected chi connectivity index (χ2v) is 5.24. The van der Waals surface area contributed by atoms with E-state index in [-0.39, 0.29) is 11.9 Å². The monoisotopic (exact) mass is 264 g/mol. The molecular weight excluding hydrogens is 240 g/mol. The molecule has 5 nitrogen and oxygen atoms in total. The molecule has 0 radical (unpaired) electrons. The van der Waals surface area contributed by atoms with Crippen LogP contribution in [0.4, 0.5) is 0 Å². The Bertz CT molecular complexity index is 429. The zero-order chi connectivity index (χ0) is 13.8. The van der Waals surface area contributed by atoms with E-state index in [0.717, 1.165) is 38.3 Å². The number of rotatable bonds is 4. The molecule has 19 heavy (non-hydrogen) atoms. The van der Waals surface area contributed by atoms with Crippen LogP contribution < -0.4 is 5.73 Å². The SMILES string of the molecule is CCCn1cccc1C(=O)N1CCN(C)CC1CN. The topological polar surface area (TPSA) is 54.5 Å². The number of aryl methyl sites for hydroxylation is 1. The second kappa shape index (κ2) is 6.21. The Labute approximate surface area is 115 Å². The van der Waals surface area contributed by atoms with Crippen LogP contribution in [-0.2, 0) is 6.54 Å². The van der Waals surface area contributed by atoms with Gasteiger partial charge in [0.15, 0.2) is 0 Å². The van der Waals surface area contributed by atoms with E-state index in [0.29, 0.717) is 6.54 Å². The van der Waals surface area contributed by atoms with Crippen LogP contribution >= 0.6 is 0 Å². The Morgan fingerprint density at radius 2 is 2.26 bits per heavy atom. The number of piperazine rings is 1. The second-order valence-electron chi connectivity index (χ2n) is 5.24. The minimum atomic E-state index is 0.113. The van der Waals surface area contributed by atoms with Crippen molar-refractivity contribution < 1.29 is 4.79 Å². The lowest BCUT2D eigenvalue weighted by Crippen LogP contribution is -2.57. The Morgan fingerprint density at radius 3 is 2.95 bits per heavy atom. The highest BCUT2D eigenvalue weighted by Crippen LogP contribution is 2.14. The molecule has 1 aromatic heterocycles. The highest BCUT2D eigenvalue weighted by molar-refractivity contribution is 5.93. The van der Waals surface area contributed by atoms with Gasteiger partial charge < -0.3 is 20.1 Å². The number of carbonyl (C=O) groups is 1. The number of carbonyl (C=O) groups excluding carboxylic acids is 1. The lowest BCUT2D eigenvalue weighted by molar-refractivity contribution is 0.0505. The van der Waals surface area contributed by atoms with E-state index >= 15 is 0 Å². The van der Waals surface area contributed by atoms with Crippen LogP contribution in [0.3, 0.4) is 0 Å². The van der Waals surface area contributed by atoms with E-state index < -0.39 is 0 Å². The van der Waals surface area contributed by atoms with Crippen molar-refractivity contribution in [3.63, 3.8) is 0 Å². The van der Waals surface area contributed by atoms with Crippen LogP contribution in [0.2, 0.25) is 0 Å². The molecule has 1 unspecified atom stereocenters. The lowest BCUT2D eigenvalue weighted by atomic mass is 10.1. The van der Waals surface area contributed by atoms with Gasteiger partial charge in [0.1, 0.15) is 5.69 Å². The molecule has 1 aliphatic rings. The molecule has 1 saturated heterocycles. The van der Waals surface area contributed by atoms with Gasteiger partial charge in [0.05, 0.1) is 6.04 Å². The summed E-state index contributed by atoms with van der Waals surface area (Å²) >= 11 is 0. The highest BCUT2D eigenvalue weighted by atomic mass is 16.2. The van der Waals surface area contributed by atoms with Gasteiger partial charge >= 0.3 is 0 Å². The molecule has 1 atom stereocenters. The van der Waals surface area contributed by atoms with Gasteiger partial charge in [0.25, 0.3) is 5.91 Å². The van der Waals surface area contributed by atoms with E-state index in [2.05, 4.69) is 18.9 Å². The minimum absolute atomic E-state index is 0.113. The van der Waals surface area contributed by atoms with Crippen LogP contribution in [0.25, 0.3) is 0 Å². The summed E-state index contributed by atoms with van der Waals surface area (Å²) in [5, 5.41) is 0. The molecule has 1 amide bonds. The zero-order valence-corrected chi connectivity index (χ0v) is 11.9. The molecule has 2 heterocycles. The van der Waals surface area contributed by atoms with Crippen LogP contribution in [-0.4, -0.2) is 59.5 Å². The van der Waals surface area contributed by atoms with Crippen molar-refractivity contribution in [2.75, 3.05) is 33.2 Å². The van der Waals surface area contributed by atoms with Crippen molar-refractivity contribution in [3.05, 3.63) is 24.0 Å². The smallest absolute Gasteiger partial charge is 0.270 e. The predicted molar refractivity (Wildman–Crippen MR) is 76.1 cm³/mol. The minimum Gasteiger partial charge on any atom is -0.344 e. The van der Waals surface area contributed by atoms with Gasteiger partial charge in [-0.25, -0.2) is 0 Å². The van der Waals surface area contributed by atoms with Gasteiger partial charge in [0.2, 0.25) is 0 Å². The van der Waals surface area contributed by atoms with E-state index in [9.17, 15) is 4.79 Å². The normalized spacial score (nSPS) is 20.8. The number of nitrogens with two attached hydrogens (primary N) is 1. The molecule has 0 aromatic carbocycles. The first-order chi connectivity index (χ1) is 9.17. The fourth-order valence-electron chi connectivity index (χ4n) is 2.67. The maximum absolute atomic E-state index is 12.7. The third-order valence-electron chi connectivity index (χ3n) is 3.73. The summed E-state index contributed by atoms with van der Waals surface area (Å²) in [7, 11) is 2.07. The molecule has 1 fully saturated rings. The molecular formula is C14H24N4O. The lowest BCUT2D eigenvalue weighted by Gasteiger charge is -2.39. The molecule has 0 aliphatic carbocycles. The van der Waals surface area contributed by atoms with Crippen molar-refractivity contribution in [2.24, 2.45) is 5.73 Å². The number of hydrogen-bond acceptors (Lipinski definition) is 3. The largest absolute Gasteiger partial charge is 0.344 e. The average Bonchev–Trinajstić information content (AvgIpc) is 2.86. The Morgan fingerprint density at radius 1 is 1.47 bits per heavy atom. The van der Waals surface area contributed by atoms with Crippen molar-refractivity contribution in [1.82, 2.24) is 14.4 Å². The standard InChI is InChI=1S/C14H24N4O/c1-3-6-17-7-4-5-13(17)14(19)18-9-8-16(2)11-12(18)10-15/h4-5,7,12H,3,6,8-11,15H2,1-2H3. The summed E-state index contributed by atoms with van der Waals surface area (Å²) in [6, 6.07) is 3.97. The summed E-state index contributed by atoms with van der Waals surface area (Å²) in [6.45, 7) is 6.05. The van der Waals surface area contributed by atoms with E-state index in [1.54, 1.807) is 0 Å². The van der Waals surface area contributed by atoms with Crippen molar-refractivity contribution in [1.29, 1.82) is 0 Å². The quantitative estimate of drug-likeness (QED) is 0.867. The third-order valence-corrected chi connectivity index (χ3v) is 3.73. The number of aromatic nitrogens is 1.